The Hall–Kier alpha value is -3.78. The van der Waals surface area contributed by atoms with E-state index in [-0.39, 0.29) is 46.0 Å². The quantitative estimate of drug-likeness (QED) is 0.390. The third-order valence-corrected chi connectivity index (χ3v) is 6.07. The van der Waals surface area contributed by atoms with E-state index in [4.69, 9.17) is 13.9 Å². The molecule has 0 saturated carbocycles. The summed E-state index contributed by atoms with van der Waals surface area (Å²) in [5, 5.41) is 30.7. The number of hydrogen-bond donors (Lipinski definition) is 3. The van der Waals surface area contributed by atoms with Gasteiger partial charge in [0.05, 0.1) is 5.56 Å². The van der Waals surface area contributed by atoms with Crippen LogP contribution < -0.4 is 10.2 Å². The van der Waals surface area contributed by atoms with E-state index in [9.17, 15) is 24.9 Å². The zero-order chi connectivity index (χ0) is 24.8. The largest absolute Gasteiger partial charge is 0.508 e. The van der Waals surface area contributed by atoms with Crippen molar-refractivity contribution in [1.29, 1.82) is 0 Å². The Labute approximate surface area is 195 Å². The molecule has 1 aliphatic heterocycles. The average Bonchev–Trinajstić information content (AvgIpc) is 2.78. The third-order valence-electron chi connectivity index (χ3n) is 6.07. The first-order chi connectivity index (χ1) is 16.1. The predicted molar refractivity (Wildman–Crippen MR) is 125 cm³/mol. The second kappa shape index (κ2) is 8.53. The summed E-state index contributed by atoms with van der Waals surface area (Å²) in [6.45, 7) is 6.37. The summed E-state index contributed by atoms with van der Waals surface area (Å²) >= 11 is 0. The van der Waals surface area contributed by atoms with Gasteiger partial charge in [-0.2, -0.15) is 0 Å². The summed E-state index contributed by atoms with van der Waals surface area (Å²) in [6, 6.07) is 7.42. The maximum atomic E-state index is 12.9. The number of aromatic hydroxyl groups is 2. The number of esters is 1. The Morgan fingerprint density at radius 3 is 2.65 bits per heavy atom. The molecule has 3 aromatic rings. The Morgan fingerprint density at radius 1 is 1.26 bits per heavy atom. The van der Waals surface area contributed by atoms with Crippen molar-refractivity contribution in [3.63, 3.8) is 0 Å². The first kappa shape index (κ1) is 23.4. The molecule has 0 radical (unpaired) electrons. The van der Waals surface area contributed by atoms with Crippen LogP contribution in [0.2, 0.25) is 0 Å². The van der Waals surface area contributed by atoms with Crippen molar-refractivity contribution in [3.8, 4) is 28.4 Å². The van der Waals surface area contributed by atoms with Gasteiger partial charge in [-0.25, -0.2) is 4.79 Å². The number of ether oxygens (including phenoxy) is 2. The molecule has 1 aliphatic rings. The van der Waals surface area contributed by atoms with Crippen LogP contribution in [0, 0.1) is 0 Å². The minimum absolute atomic E-state index is 0.0157. The lowest BCUT2D eigenvalue weighted by Gasteiger charge is -2.40. The predicted octanol–water partition coefficient (Wildman–Crippen LogP) is 3.96. The monoisotopic (exact) mass is 466 g/mol. The van der Waals surface area contributed by atoms with Crippen LogP contribution in [0.25, 0.3) is 22.1 Å². The van der Waals surface area contributed by atoms with Crippen LogP contribution in [-0.4, -0.2) is 33.0 Å². The fourth-order valence-electron chi connectivity index (χ4n) is 4.04. The van der Waals surface area contributed by atoms with Gasteiger partial charge < -0.3 is 29.2 Å². The van der Waals surface area contributed by atoms with Gasteiger partial charge in [0, 0.05) is 23.6 Å². The van der Waals surface area contributed by atoms with Crippen molar-refractivity contribution in [1.82, 2.24) is 0 Å². The Balaban J connectivity index is 2.02. The van der Waals surface area contributed by atoms with Crippen LogP contribution in [-0.2, 0) is 22.6 Å². The number of rotatable bonds is 4. The number of hydrogen-bond acceptors (Lipinski definition) is 8. The minimum Gasteiger partial charge on any atom is -0.508 e. The number of allylic oxidation sites excluding steroid dienone is 1. The normalized spacial score (nSPS) is 17.2. The smallest absolute Gasteiger partial charge is 0.333 e. The molecule has 2 aromatic carbocycles. The molecule has 0 fully saturated rings. The van der Waals surface area contributed by atoms with Crippen LogP contribution in [0.3, 0.4) is 0 Å². The van der Waals surface area contributed by atoms with Gasteiger partial charge in [-0.1, -0.05) is 18.2 Å². The van der Waals surface area contributed by atoms with Crippen molar-refractivity contribution in [2.24, 2.45) is 0 Å². The van der Waals surface area contributed by atoms with Gasteiger partial charge in [0.15, 0.2) is 11.0 Å². The van der Waals surface area contributed by atoms with E-state index in [2.05, 4.69) is 0 Å². The number of aliphatic hydroxyl groups excluding tert-OH is 1. The lowest BCUT2D eigenvalue weighted by atomic mass is 9.86. The Morgan fingerprint density at radius 2 is 2.00 bits per heavy atom. The fraction of sp³-hybridized carbons (Fsp3) is 0.308. The Kier molecular flexibility index (Phi) is 5.87. The third kappa shape index (κ3) is 3.90. The van der Waals surface area contributed by atoms with Crippen LogP contribution in [0.5, 0.6) is 17.2 Å². The number of phenolic OH excluding ortho intramolecular Hbond substituents is 2. The maximum Gasteiger partial charge on any atom is 0.333 e. The molecule has 0 bridgehead atoms. The molecule has 34 heavy (non-hydrogen) atoms. The molecule has 0 unspecified atom stereocenters. The second-order valence-electron chi connectivity index (χ2n) is 8.80. The van der Waals surface area contributed by atoms with Crippen molar-refractivity contribution in [2.45, 2.75) is 52.4 Å². The van der Waals surface area contributed by atoms with Gasteiger partial charge in [0.1, 0.15) is 46.7 Å². The highest BCUT2D eigenvalue weighted by Gasteiger charge is 2.43. The zero-order valence-electron chi connectivity index (χ0n) is 19.3. The summed E-state index contributed by atoms with van der Waals surface area (Å²) in [5.74, 6) is -0.604. The molecular weight excluding hydrogens is 440 g/mol. The molecule has 0 aliphatic carbocycles. The molecule has 8 nitrogen and oxygen atoms in total. The fourth-order valence-corrected chi connectivity index (χ4v) is 4.04. The van der Waals surface area contributed by atoms with E-state index in [1.807, 2.05) is 0 Å². The van der Waals surface area contributed by atoms with Crippen LogP contribution >= 0.6 is 0 Å². The van der Waals surface area contributed by atoms with E-state index in [0.29, 0.717) is 16.7 Å². The highest BCUT2D eigenvalue weighted by atomic mass is 16.6. The average molecular weight is 466 g/mol. The molecule has 3 N–H and O–H groups in total. The van der Waals surface area contributed by atoms with Gasteiger partial charge >= 0.3 is 5.97 Å². The van der Waals surface area contributed by atoms with Gasteiger partial charge in [-0.05, 0) is 45.4 Å². The molecule has 4 rings (SSSR count). The lowest BCUT2D eigenvalue weighted by molar-refractivity contribution is -0.156. The zero-order valence-corrected chi connectivity index (χ0v) is 19.3. The number of aliphatic hydroxyl groups is 1. The van der Waals surface area contributed by atoms with Crippen molar-refractivity contribution in [3.05, 3.63) is 63.5 Å². The van der Waals surface area contributed by atoms with Crippen molar-refractivity contribution < 1.29 is 34.0 Å². The lowest BCUT2D eigenvalue weighted by Crippen LogP contribution is -2.49. The molecule has 1 aromatic heterocycles. The van der Waals surface area contributed by atoms with E-state index < -0.39 is 29.7 Å². The van der Waals surface area contributed by atoms with Crippen LogP contribution in [0.15, 0.2) is 51.2 Å². The first-order valence-corrected chi connectivity index (χ1v) is 10.8. The molecule has 0 saturated heterocycles. The first-order valence-electron chi connectivity index (χ1n) is 10.8. The summed E-state index contributed by atoms with van der Waals surface area (Å²) in [6.07, 6.45) is 0.966. The summed E-state index contributed by atoms with van der Waals surface area (Å²) in [7, 11) is 0. The number of fused-ring (bicyclic) bond motifs is 2. The molecule has 0 spiro atoms. The minimum atomic E-state index is -1.00. The van der Waals surface area contributed by atoms with E-state index in [1.54, 1.807) is 45.9 Å². The van der Waals surface area contributed by atoms with Crippen molar-refractivity contribution in [2.75, 3.05) is 0 Å². The SMILES string of the molecule is C/C=C(/C)C(=O)O[C@@H]1Cc2c(c(-c3cccc(O)c3)c3oc(CO)cc(=O)c3c2O)OC1(C)C. The van der Waals surface area contributed by atoms with E-state index in [0.717, 1.165) is 6.07 Å². The van der Waals surface area contributed by atoms with Gasteiger partial charge in [0.2, 0.25) is 0 Å². The maximum absolute atomic E-state index is 12.9. The standard InChI is InChI=1S/C26H26O8/c1-5-13(2)25(31)33-19-11-17-22(30)21-18(29)10-16(12-27)32-24(21)20(23(17)34-26(19,3)4)14-7-6-8-15(28)9-14/h5-10,19,27-28,30H,11-12H2,1-4H3/b13-5-/t19-/m1/s1. The number of carbonyl (C=O) groups excluding carboxylic acids is 1. The Bertz CT molecular complexity index is 1380. The molecule has 2 heterocycles. The number of phenols is 2. The van der Waals surface area contributed by atoms with E-state index >= 15 is 0 Å². The molecule has 0 amide bonds. The second-order valence-corrected chi connectivity index (χ2v) is 8.80. The van der Waals surface area contributed by atoms with Gasteiger partial charge in [-0.15, -0.1) is 0 Å². The summed E-state index contributed by atoms with van der Waals surface area (Å²) < 4.78 is 17.8. The van der Waals surface area contributed by atoms with Gasteiger partial charge in [0.25, 0.3) is 0 Å². The molecule has 1 atom stereocenters. The molecule has 8 heteroatoms. The highest BCUT2D eigenvalue weighted by Crippen LogP contribution is 2.50. The van der Waals surface area contributed by atoms with Gasteiger partial charge in [-0.3, -0.25) is 4.79 Å². The van der Waals surface area contributed by atoms with Crippen LogP contribution in [0.1, 0.15) is 39.0 Å². The summed E-state index contributed by atoms with van der Waals surface area (Å²) in [5.41, 5.74) is 0.0118. The van der Waals surface area contributed by atoms with Crippen molar-refractivity contribution >= 4 is 16.9 Å². The topological polar surface area (TPSA) is 126 Å². The number of benzene rings is 2. The highest BCUT2D eigenvalue weighted by molar-refractivity contribution is 6.01. The number of carbonyl (C=O) groups is 1. The summed E-state index contributed by atoms with van der Waals surface area (Å²) in [4.78, 5) is 25.4. The van der Waals surface area contributed by atoms with Crippen LogP contribution in [0.4, 0.5) is 0 Å². The molecular formula is C26H26O8. The molecule has 178 valence electrons. The van der Waals surface area contributed by atoms with E-state index in [1.165, 1.54) is 12.1 Å².